The Hall–Kier alpha value is -3.87. The monoisotopic (exact) mass is 456 g/mol. The molecule has 3 heterocycles. The third kappa shape index (κ3) is 4.21. The van der Waals surface area contributed by atoms with E-state index in [9.17, 15) is 4.79 Å². The molecule has 0 N–H and O–H groups in total. The molecule has 1 aliphatic heterocycles. The maximum Gasteiger partial charge on any atom is 0.259 e. The van der Waals surface area contributed by atoms with Crippen LogP contribution in [0.15, 0.2) is 67.0 Å². The fourth-order valence-electron chi connectivity index (χ4n) is 4.71. The van der Waals surface area contributed by atoms with Crippen LogP contribution in [0, 0.1) is 5.92 Å². The van der Waals surface area contributed by atoms with Gasteiger partial charge in [-0.15, -0.1) is 0 Å². The number of hydrogen-bond donors (Lipinski definition) is 0. The molecular weight excluding hydrogens is 428 g/mol. The van der Waals surface area contributed by atoms with E-state index in [1.54, 1.807) is 31.1 Å². The fourth-order valence-corrected chi connectivity index (χ4v) is 4.71. The van der Waals surface area contributed by atoms with Crippen molar-refractivity contribution < 1.29 is 14.3 Å². The lowest BCUT2D eigenvalue weighted by molar-refractivity contribution is 0.0692. The predicted octanol–water partition coefficient (Wildman–Crippen LogP) is 4.51. The number of benzene rings is 2. The number of methoxy groups -OCH3 is 2. The molecule has 7 heteroatoms. The summed E-state index contributed by atoms with van der Waals surface area (Å²) in [7, 11) is 3.22. The van der Waals surface area contributed by atoms with E-state index in [-0.39, 0.29) is 5.91 Å². The molecule has 1 fully saturated rings. The minimum Gasteiger partial charge on any atom is -0.493 e. The molecule has 34 heavy (non-hydrogen) atoms. The summed E-state index contributed by atoms with van der Waals surface area (Å²) in [5.41, 5.74) is 4.18. The second-order valence-corrected chi connectivity index (χ2v) is 8.62. The van der Waals surface area contributed by atoms with Gasteiger partial charge < -0.3 is 14.4 Å². The summed E-state index contributed by atoms with van der Waals surface area (Å²) in [6.45, 7) is 1.51. The lowest BCUT2D eigenvalue weighted by atomic mass is 9.90. The van der Waals surface area contributed by atoms with Gasteiger partial charge in [0.1, 0.15) is 5.56 Å². The molecule has 0 aliphatic carbocycles. The third-order valence-corrected chi connectivity index (χ3v) is 6.58. The van der Waals surface area contributed by atoms with Gasteiger partial charge in [0.15, 0.2) is 17.1 Å². The van der Waals surface area contributed by atoms with Gasteiger partial charge in [-0.25, -0.2) is 9.50 Å². The normalized spacial score (nSPS) is 14.4. The molecule has 0 radical (unpaired) electrons. The quantitative estimate of drug-likeness (QED) is 0.427. The summed E-state index contributed by atoms with van der Waals surface area (Å²) in [4.78, 5) is 19.8. The van der Waals surface area contributed by atoms with Crippen molar-refractivity contribution in [3.8, 4) is 22.8 Å². The summed E-state index contributed by atoms with van der Waals surface area (Å²) >= 11 is 0. The molecule has 1 amide bonds. The summed E-state index contributed by atoms with van der Waals surface area (Å²) in [6.07, 6.45) is 6.42. The number of carbonyl (C=O) groups is 1. The highest BCUT2D eigenvalue weighted by Gasteiger charge is 2.26. The van der Waals surface area contributed by atoms with Gasteiger partial charge in [0.2, 0.25) is 0 Å². The van der Waals surface area contributed by atoms with Crippen molar-refractivity contribution in [3.63, 3.8) is 0 Å². The summed E-state index contributed by atoms with van der Waals surface area (Å²) in [5, 5.41) is 4.51. The standard InChI is InChI=1S/C27H28N4O3/c1-33-24-9-8-21(17-25(24)34-2)23-10-13-28-26-22(18-29-31(23)26)27(32)30-14-11-20(12-15-30)16-19-6-4-3-5-7-19/h3-10,13,17-18,20H,11-12,14-16H2,1-2H3. The van der Waals surface area contributed by atoms with Gasteiger partial charge >= 0.3 is 0 Å². The Balaban J connectivity index is 1.35. The first-order valence-electron chi connectivity index (χ1n) is 11.6. The highest BCUT2D eigenvalue weighted by atomic mass is 16.5. The van der Waals surface area contributed by atoms with E-state index < -0.39 is 0 Å². The number of piperidine rings is 1. The van der Waals surface area contributed by atoms with Crippen molar-refractivity contribution in [2.45, 2.75) is 19.3 Å². The van der Waals surface area contributed by atoms with Crippen LogP contribution in [0.1, 0.15) is 28.8 Å². The van der Waals surface area contributed by atoms with Gasteiger partial charge in [-0.1, -0.05) is 30.3 Å². The fraction of sp³-hybridized carbons (Fsp3) is 0.296. The molecular formula is C27H28N4O3. The topological polar surface area (TPSA) is 69.0 Å². The number of nitrogens with zero attached hydrogens (tertiary/aromatic N) is 4. The Morgan fingerprint density at radius 2 is 1.76 bits per heavy atom. The Morgan fingerprint density at radius 3 is 2.50 bits per heavy atom. The maximum atomic E-state index is 13.4. The van der Waals surface area contributed by atoms with Crippen LogP contribution in [0.5, 0.6) is 11.5 Å². The lowest BCUT2D eigenvalue weighted by Crippen LogP contribution is -2.38. The minimum atomic E-state index is -0.00915. The van der Waals surface area contributed by atoms with Crippen molar-refractivity contribution in [1.82, 2.24) is 19.5 Å². The van der Waals surface area contributed by atoms with Crippen LogP contribution >= 0.6 is 0 Å². The highest BCUT2D eigenvalue weighted by molar-refractivity contribution is 6.00. The maximum absolute atomic E-state index is 13.4. The number of carbonyl (C=O) groups excluding carboxylic acids is 1. The molecule has 0 unspecified atom stereocenters. The molecule has 1 saturated heterocycles. The van der Waals surface area contributed by atoms with E-state index in [2.05, 4.69) is 34.3 Å². The van der Waals surface area contributed by atoms with Crippen LogP contribution in [0.25, 0.3) is 16.9 Å². The van der Waals surface area contributed by atoms with Crippen molar-refractivity contribution in [2.75, 3.05) is 27.3 Å². The zero-order valence-corrected chi connectivity index (χ0v) is 19.5. The molecule has 0 bridgehead atoms. The van der Waals surface area contributed by atoms with Crippen LogP contribution in [0.2, 0.25) is 0 Å². The minimum absolute atomic E-state index is 0.00915. The van der Waals surface area contributed by atoms with Crippen LogP contribution in [0.3, 0.4) is 0 Å². The SMILES string of the molecule is COc1ccc(-c2ccnc3c(C(=O)N4CCC(Cc5ccccc5)CC4)cnn23)cc1OC. The molecule has 0 atom stereocenters. The first kappa shape index (κ1) is 21.9. The molecule has 4 aromatic rings. The summed E-state index contributed by atoms with van der Waals surface area (Å²) in [5.74, 6) is 1.88. The Labute approximate surface area is 198 Å². The van der Waals surface area contributed by atoms with Gasteiger partial charge in [0.25, 0.3) is 5.91 Å². The Bertz CT molecular complexity index is 1290. The molecule has 2 aromatic carbocycles. The second kappa shape index (κ2) is 9.55. The van der Waals surface area contributed by atoms with Crippen LogP contribution < -0.4 is 9.47 Å². The average Bonchev–Trinajstić information content (AvgIpc) is 3.33. The van der Waals surface area contributed by atoms with E-state index in [1.807, 2.05) is 35.2 Å². The van der Waals surface area contributed by atoms with Gasteiger partial charge in [-0.05, 0) is 55.0 Å². The third-order valence-electron chi connectivity index (χ3n) is 6.58. The number of likely N-dealkylation sites (tertiary alicyclic amines) is 1. The summed E-state index contributed by atoms with van der Waals surface area (Å²) in [6, 6.07) is 18.2. The number of aromatic nitrogens is 3. The number of fused-ring (bicyclic) bond motifs is 1. The number of amides is 1. The zero-order valence-electron chi connectivity index (χ0n) is 19.5. The largest absolute Gasteiger partial charge is 0.493 e. The van der Waals surface area contributed by atoms with E-state index in [0.717, 1.165) is 43.6 Å². The first-order chi connectivity index (χ1) is 16.7. The van der Waals surface area contributed by atoms with Crippen molar-refractivity contribution in [1.29, 1.82) is 0 Å². The molecule has 0 spiro atoms. The van der Waals surface area contributed by atoms with Crippen molar-refractivity contribution >= 4 is 11.6 Å². The van der Waals surface area contributed by atoms with E-state index >= 15 is 0 Å². The average molecular weight is 457 g/mol. The molecule has 174 valence electrons. The highest BCUT2D eigenvalue weighted by Crippen LogP contribution is 2.32. The van der Waals surface area contributed by atoms with E-state index in [1.165, 1.54) is 5.56 Å². The summed E-state index contributed by atoms with van der Waals surface area (Å²) < 4.78 is 12.5. The molecule has 7 nitrogen and oxygen atoms in total. The Morgan fingerprint density at radius 1 is 1.00 bits per heavy atom. The Kier molecular flexibility index (Phi) is 6.16. The lowest BCUT2D eigenvalue weighted by Gasteiger charge is -2.32. The van der Waals surface area contributed by atoms with Gasteiger partial charge in [0, 0.05) is 24.8 Å². The van der Waals surface area contributed by atoms with Crippen molar-refractivity contribution in [2.24, 2.45) is 5.92 Å². The van der Waals surface area contributed by atoms with Crippen LogP contribution in [-0.4, -0.2) is 52.7 Å². The van der Waals surface area contributed by atoms with Crippen LogP contribution in [0.4, 0.5) is 0 Å². The van der Waals surface area contributed by atoms with Crippen LogP contribution in [-0.2, 0) is 6.42 Å². The number of hydrogen-bond acceptors (Lipinski definition) is 5. The van der Waals surface area contributed by atoms with E-state index in [0.29, 0.717) is 28.6 Å². The predicted molar refractivity (Wildman–Crippen MR) is 130 cm³/mol. The molecule has 1 aliphatic rings. The zero-order chi connectivity index (χ0) is 23.5. The van der Waals surface area contributed by atoms with Crippen molar-refractivity contribution in [3.05, 3.63) is 78.1 Å². The first-order valence-corrected chi connectivity index (χ1v) is 11.6. The molecule has 5 rings (SSSR count). The van der Waals surface area contributed by atoms with Gasteiger partial charge in [0.05, 0.1) is 26.1 Å². The van der Waals surface area contributed by atoms with Gasteiger partial charge in [-0.3, -0.25) is 4.79 Å². The molecule has 2 aromatic heterocycles. The number of rotatable bonds is 6. The van der Waals surface area contributed by atoms with E-state index in [4.69, 9.17) is 9.47 Å². The second-order valence-electron chi connectivity index (χ2n) is 8.62. The smallest absolute Gasteiger partial charge is 0.259 e. The van der Waals surface area contributed by atoms with Gasteiger partial charge in [-0.2, -0.15) is 5.10 Å². The number of ether oxygens (including phenoxy) is 2. The molecule has 0 saturated carbocycles.